The van der Waals surface area contributed by atoms with Crippen LogP contribution in [0.25, 0.3) is 21.5 Å². The fourth-order valence-corrected chi connectivity index (χ4v) is 2.95. The van der Waals surface area contributed by atoms with Gasteiger partial charge in [0.1, 0.15) is 0 Å². The molecule has 0 atom stereocenters. The third-order valence-electron chi connectivity index (χ3n) is 3.93. The highest BCUT2D eigenvalue weighted by atomic mass is 14.6. The number of nitrogen functional groups attached to an aromatic ring is 1. The average molecular weight is 219 g/mol. The van der Waals surface area contributed by atoms with Crippen molar-refractivity contribution in [3.8, 4) is 0 Å². The lowest BCUT2D eigenvalue weighted by Crippen LogP contribution is -2.12. The Balaban J connectivity index is 2.27. The predicted molar refractivity (Wildman–Crippen MR) is 73.3 cm³/mol. The molecule has 4 rings (SSSR count). The van der Waals surface area contributed by atoms with Crippen molar-refractivity contribution in [2.75, 3.05) is 5.73 Å². The lowest BCUT2D eigenvalue weighted by atomic mass is 9.82. The van der Waals surface area contributed by atoms with Crippen molar-refractivity contribution in [2.24, 2.45) is 0 Å². The Morgan fingerprint density at radius 1 is 0.765 bits per heavy atom. The van der Waals surface area contributed by atoms with Crippen molar-refractivity contribution in [1.29, 1.82) is 0 Å². The number of hydrogen-bond acceptors (Lipinski definition) is 1. The smallest absolute Gasteiger partial charge is 0.0356 e. The maximum Gasteiger partial charge on any atom is 0.0356 e. The van der Waals surface area contributed by atoms with Gasteiger partial charge in [0.25, 0.3) is 0 Å². The van der Waals surface area contributed by atoms with Gasteiger partial charge in [-0.3, -0.25) is 0 Å². The number of rotatable bonds is 0. The third kappa shape index (κ3) is 1.09. The molecule has 1 aliphatic rings. The molecule has 0 aromatic heterocycles. The molecule has 82 valence electrons. The van der Waals surface area contributed by atoms with Crippen LogP contribution in [-0.4, -0.2) is 0 Å². The summed E-state index contributed by atoms with van der Waals surface area (Å²) in [5.74, 6) is 0. The standard InChI is InChI=1S/C16H13N/c17-16-9-15-11-4-2-1-3-10(11)5-6-13(15)12-7-8-14(12)16/h1-6,9H,7-8,17H2. The van der Waals surface area contributed by atoms with Gasteiger partial charge >= 0.3 is 0 Å². The maximum atomic E-state index is 6.13. The van der Waals surface area contributed by atoms with Gasteiger partial charge < -0.3 is 5.73 Å². The second-order valence-corrected chi connectivity index (χ2v) is 4.80. The minimum absolute atomic E-state index is 0.968. The van der Waals surface area contributed by atoms with Crippen LogP contribution in [0.5, 0.6) is 0 Å². The van der Waals surface area contributed by atoms with E-state index in [-0.39, 0.29) is 0 Å². The monoisotopic (exact) mass is 219 g/mol. The number of benzene rings is 3. The van der Waals surface area contributed by atoms with Crippen LogP contribution in [0.4, 0.5) is 5.69 Å². The van der Waals surface area contributed by atoms with Gasteiger partial charge in [-0.05, 0) is 51.6 Å². The Hall–Kier alpha value is -2.02. The molecule has 3 aromatic rings. The van der Waals surface area contributed by atoms with Crippen LogP contribution in [0.2, 0.25) is 0 Å². The Labute approximate surface area is 99.9 Å². The van der Waals surface area contributed by atoms with Crippen LogP contribution >= 0.6 is 0 Å². The van der Waals surface area contributed by atoms with E-state index < -0.39 is 0 Å². The molecule has 0 spiro atoms. The van der Waals surface area contributed by atoms with Crippen molar-refractivity contribution < 1.29 is 0 Å². The summed E-state index contributed by atoms with van der Waals surface area (Å²) < 4.78 is 0. The molecular formula is C16H13N. The third-order valence-corrected chi connectivity index (χ3v) is 3.93. The van der Waals surface area contributed by atoms with Crippen molar-refractivity contribution in [3.63, 3.8) is 0 Å². The summed E-state index contributed by atoms with van der Waals surface area (Å²) in [5, 5.41) is 5.29. The first-order valence-corrected chi connectivity index (χ1v) is 6.06. The van der Waals surface area contributed by atoms with Gasteiger partial charge in [0.05, 0.1) is 0 Å². The summed E-state index contributed by atoms with van der Waals surface area (Å²) in [6.07, 6.45) is 2.32. The summed E-state index contributed by atoms with van der Waals surface area (Å²) in [6.45, 7) is 0. The van der Waals surface area contributed by atoms with Gasteiger partial charge in [0, 0.05) is 5.69 Å². The van der Waals surface area contributed by atoms with Gasteiger partial charge in [-0.15, -0.1) is 0 Å². The van der Waals surface area contributed by atoms with Crippen LogP contribution in [0.15, 0.2) is 42.5 Å². The molecule has 0 fully saturated rings. The van der Waals surface area contributed by atoms with Gasteiger partial charge in [0.15, 0.2) is 0 Å². The van der Waals surface area contributed by atoms with Crippen molar-refractivity contribution in [1.82, 2.24) is 0 Å². The Bertz CT molecular complexity index is 756. The molecule has 2 N–H and O–H groups in total. The summed E-state index contributed by atoms with van der Waals surface area (Å²) in [5.41, 5.74) is 9.93. The topological polar surface area (TPSA) is 26.0 Å². The molecule has 1 aliphatic carbocycles. The fourth-order valence-electron chi connectivity index (χ4n) is 2.95. The van der Waals surface area contributed by atoms with E-state index in [1.807, 2.05) is 0 Å². The van der Waals surface area contributed by atoms with E-state index in [0.717, 1.165) is 12.1 Å². The zero-order chi connectivity index (χ0) is 11.4. The van der Waals surface area contributed by atoms with Crippen LogP contribution in [-0.2, 0) is 12.8 Å². The quantitative estimate of drug-likeness (QED) is 0.453. The minimum Gasteiger partial charge on any atom is -0.398 e. The number of fused-ring (bicyclic) bond motifs is 5. The first-order valence-electron chi connectivity index (χ1n) is 6.06. The fraction of sp³-hybridized carbons (Fsp3) is 0.125. The normalized spacial score (nSPS) is 13.6. The van der Waals surface area contributed by atoms with Crippen LogP contribution in [0, 0.1) is 0 Å². The van der Waals surface area contributed by atoms with Gasteiger partial charge in [0.2, 0.25) is 0 Å². The van der Waals surface area contributed by atoms with Crippen LogP contribution in [0.1, 0.15) is 11.1 Å². The van der Waals surface area contributed by atoms with E-state index in [9.17, 15) is 0 Å². The highest BCUT2D eigenvalue weighted by Crippen LogP contribution is 2.38. The summed E-state index contributed by atoms with van der Waals surface area (Å²) >= 11 is 0. The van der Waals surface area contributed by atoms with Gasteiger partial charge in [-0.1, -0.05) is 36.4 Å². The van der Waals surface area contributed by atoms with Crippen molar-refractivity contribution in [3.05, 3.63) is 53.6 Å². The van der Waals surface area contributed by atoms with Crippen LogP contribution < -0.4 is 5.73 Å². The molecule has 0 unspecified atom stereocenters. The minimum atomic E-state index is 0.968. The Morgan fingerprint density at radius 3 is 2.41 bits per heavy atom. The molecule has 0 amide bonds. The first kappa shape index (κ1) is 9.06. The molecule has 3 aromatic carbocycles. The van der Waals surface area contributed by atoms with E-state index in [1.165, 1.54) is 39.1 Å². The van der Waals surface area contributed by atoms with Crippen molar-refractivity contribution in [2.45, 2.75) is 12.8 Å². The molecule has 0 aliphatic heterocycles. The molecule has 0 bridgehead atoms. The average Bonchev–Trinajstić information content (AvgIpc) is 2.29. The molecule has 17 heavy (non-hydrogen) atoms. The van der Waals surface area contributed by atoms with Gasteiger partial charge in [-0.25, -0.2) is 0 Å². The SMILES string of the molecule is Nc1cc2c(ccc3ccccc32)c2c1CC2. The molecule has 0 heterocycles. The van der Waals surface area contributed by atoms with E-state index in [4.69, 9.17) is 5.73 Å². The summed E-state index contributed by atoms with van der Waals surface area (Å²) in [6, 6.07) is 15.1. The lowest BCUT2D eigenvalue weighted by Gasteiger charge is -2.24. The second-order valence-electron chi connectivity index (χ2n) is 4.80. The Morgan fingerprint density at radius 2 is 1.59 bits per heavy atom. The second kappa shape index (κ2) is 3.01. The Kier molecular flexibility index (Phi) is 1.60. The van der Waals surface area contributed by atoms with E-state index in [1.54, 1.807) is 0 Å². The highest BCUT2D eigenvalue weighted by Gasteiger charge is 2.19. The molecular weight excluding hydrogens is 206 g/mol. The zero-order valence-corrected chi connectivity index (χ0v) is 9.53. The lowest BCUT2D eigenvalue weighted by molar-refractivity contribution is 0.856. The van der Waals surface area contributed by atoms with E-state index >= 15 is 0 Å². The summed E-state index contributed by atoms with van der Waals surface area (Å²) in [7, 11) is 0. The summed E-state index contributed by atoms with van der Waals surface area (Å²) in [4.78, 5) is 0. The molecule has 0 radical (unpaired) electrons. The number of anilines is 1. The number of nitrogens with two attached hydrogens (primary N) is 1. The van der Waals surface area contributed by atoms with Gasteiger partial charge in [-0.2, -0.15) is 0 Å². The van der Waals surface area contributed by atoms with E-state index in [2.05, 4.69) is 42.5 Å². The molecule has 0 saturated heterocycles. The largest absolute Gasteiger partial charge is 0.398 e. The first-order chi connectivity index (χ1) is 8.34. The number of aryl methyl sites for hydroxylation is 1. The van der Waals surface area contributed by atoms with Crippen molar-refractivity contribution >= 4 is 27.2 Å². The van der Waals surface area contributed by atoms with Crippen LogP contribution in [0.3, 0.4) is 0 Å². The maximum absolute atomic E-state index is 6.13. The van der Waals surface area contributed by atoms with E-state index in [0.29, 0.717) is 0 Å². The molecule has 0 saturated carbocycles. The molecule has 1 nitrogen and oxygen atoms in total. The predicted octanol–water partition coefficient (Wildman–Crippen LogP) is 3.67. The highest BCUT2D eigenvalue weighted by molar-refractivity contribution is 6.10. The zero-order valence-electron chi connectivity index (χ0n) is 9.53. The molecule has 1 heteroatoms. The number of hydrogen-bond donors (Lipinski definition) is 1.